The molecule has 25 heavy (non-hydrogen) atoms. The largest absolute Gasteiger partial charge is 0.486 e. The van der Waals surface area contributed by atoms with Crippen LogP contribution in [0.15, 0.2) is 35.7 Å². The van der Waals surface area contributed by atoms with Gasteiger partial charge in [-0.3, -0.25) is 4.79 Å². The van der Waals surface area contributed by atoms with E-state index in [9.17, 15) is 4.79 Å². The third-order valence-corrected chi connectivity index (χ3v) is 4.93. The van der Waals surface area contributed by atoms with Crippen molar-refractivity contribution in [1.82, 2.24) is 9.88 Å². The van der Waals surface area contributed by atoms with Gasteiger partial charge in [-0.15, -0.1) is 11.3 Å². The maximum Gasteiger partial charge on any atom is 0.223 e. The van der Waals surface area contributed by atoms with E-state index in [1.54, 1.807) is 11.3 Å². The summed E-state index contributed by atoms with van der Waals surface area (Å²) in [5, 5.41) is 2.96. The zero-order valence-electron chi connectivity index (χ0n) is 15.6. The highest BCUT2D eigenvalue weighted by atomic mass is 32.1. The minimum atomic E-state index is 0.208. The molecule has 0 fully saturated rings. The Hall–Kier alpha value is -1.88. The molecule has 0 aliphatic carbocycles. The summed E-state index contributed by atoms with van der Waals surface area (Å²) in [5.41, 5.74) is 0.939. The summed E-state index contributed by atoms with van der Waals surface area (Å²) in [7, 11) is 0. The summed E-state index contributed by atoms with van der Waals surface area (Å²) in [6.07, 6.45) is 1.52. The number of aromatic nitrogens is 1. The van der Waals surface area contributed by atoms with Crippen LogP contribution in [-0.4, -0.2) is 21.8 Å². The van der Waals surface area contributed by atoms with E-state index in [0.29, 0.717) is 25.5 Å². The number of hydrogen-bond donors (Lipinski definition) is 0. The Morgan fingerprint density at radius 1 is 1.24 bits per heavy atom. The van der Waals surface area contributed by atoms with Crippen LogP contribution in [0, 0.1) is 5.92 Å². The molecule has 1 aromatic heterocycles. The van der Waals surface area contributed by atoms with E-state index < -0.39 is 0 Å². The molecule has 1 atom stereocenters. The zero-order chi connectivity index (χ0) is 18.2. The van der Waals surface area contributed by atoms with Gasteiger partial charge in [0.2, 0.25) is 5.91 Å². The van der Waals surface area contributed by atoms with Gasteiger partial charge < -0.3 is 9.64 Å². The first-order chi connectivity index (χ1) is 12.0. The number of carbonyl (C=O) groups excluding carboxylic acids is 1. The first-order valence-corrected chi connectivity index (χ1v) is 9.78. The molecule has 0 aliphatic rings. The third kappa shape index (κ3) is 6.16. The van der Waals surface area contributed by atoms with Crippen molar-refractivity contribution in [1.29, 1.82) is 0 Å². The molecule has 0 N–H and O–H groups in total. The second kappa shape index (κ2) is 9.56. The molecule has 2 rings (SSSR count). The van der Waals surface area contributed by atoms with Gasteiger partial charge in [-0.05, 0) is 31.4 Å². The fourth-order valence-corrected chi connectivity index (χ4v) is 3.20. The van der Waals surface area contributed by atoms with Gasteiger partial charge in [-0.25, -0.2) is 4.98 Å². The summed E-state index contributed by atoms with van der Waals surface area (Å²) in [4.78, 5) is 19.2. The van der Waals surface area contributed by atoms with E-state index >= 15 is 0 Å². The topological polar surface area (TPSA) is 42.4 Å². The zero-order valence-corrected chi connectivity index (χ0v) is 16.4. The molecule has 0 aliphatic heterocycles. The quantitative estimate of drug-likeness (QED) is 0.639. The standard InChI is InChI=1S/C20H28N2O2S/c1-5-16(4)22(20(23)11-15(2)3)12-17-14-25-19(21-17)13-24-18-9-7-6-8-10-18/h6-10,14-16H,5,11-13H2,1-4H3/t16-/m1/s1. The average Bonchev–Trinajstić information content (AvgIpc) is 3.05. The van der Waals surface area contributed by atoms with E-state index in [-0.39, 0.29) is 11.9 Å². The first-order valence-electron chi connectivity index (χ1n) is 8.90. The molecule has 0 spiro atoms. The van der Waals surface area contributed by atoms with Gasteiger partial charge in [0.15, 0.2) is 0 Å². The molecule has 0 unspecified atom stereocenters. The Bertz CT molecular complexity index is 655. The lowest BCUT2D eigenvalue weighted by Gasteiger charge is -2.28. The number of benzene rings is 1. The summed E-state index contributed by atoms with van der Waals surface area (Å²) in [6.45, 7) is 9.40. The lowest BCUT2D eigenvalue weighted by molar-refractivity contribution is -0.134. The van der Waals surface area contributed by atoms with Crippen molar-refractivity contribution in [3.05, 3.63) is 46.4 Å². The van der Waals surface area contributed by atoms with Crippen molar-refractivity contribution < 1.29 is 9.53 Å². The molecule has 2 aromatic rings. The molecule has 1 heterocycles. The van der Waals surface area contributed by atoms with Gasteiger partial charge in [-0.1, -0.05) is 39.0 Å². The van der Waals surface area contributed by atoms with Gasteiger partial charge >= 0.3 is 0 Å². The van der Waals surface area contributed by atoms with Crippen LogP contribution in [0.25, 0.3) is 0 Å². The van der Waals surface area contributed by atoms with Crippen LogP contribution in [0.1, 0.15) is 51.2 Å². The normalized spacial score (nSPS) is 12.2. The molecule has 0 saturated carbocycles. The molecular formula is C20H28N2O2S. The highest BCUT2D eigenvalue weighted by Crippen LogP contribution is 2.18. The number of amides is 1. The summed E-state index contributed by atoms with van der Waals surface area (Å²) in [5.74, 6) is 1.41. The Kier molecular flexibility index (Phi) is 7.44. The maximum absolute atomic E-state index is 12.6. The molecular weight excluding hydrogens is 332 g/mol. The van der Waals surface area contributed by atoms with Crippen LogP contribution in [0.4, 0.5) is 0 Å². The van der Waals surface area contributed by atoms with Crippen LogP contribution in [0.2, 0.25) is 0 Å². The predicted octanol–water partition coefficient (Wildman–Crippen LogP) is 4.90. The second-order valence-corrected chi connectivity index (χ2v) is 7.65. The van der Waals surface area contributed by atoms with Crippen LogP contribution >= 0.6 is 11.3 Å². The number of para-hydroxylation sites is 1. The smallest absolute Gasteiger partial charge is 0.223 e. The number of carbonyl (C=O) groups is 1. The van der Waals surface area contributed by atoms with Gasteiger partial charge in [-0.2, -0.15) is 0 Å². The first kappa shape index (κ1) is 19.4. The van der Waals surface area contributed by atoms with Crippen molar-refractivity contribution in [2.24, 2.45) is 5.92 Å². The molecule has 1 aromatic carbocycles. The van der Waals surface area contributed by atoms with Crippen LogP contribution in [0.5, 0.6) is 5.75 Å². The van der Waals surface area contributed by atoms with E-state index in [4.69, 9.17) is 4.74 Å². The number of nitrogens with zero attached hydrogens (tertiary/aromatic N) is 2. The van der Waals surface area contributed by atoms with Crippen LogP contribution < -0.4 is 4.74 Å². The van der Waals surface area contributed by atoms with Crippen LogP contribution in [-0.2, 0) is 17.9 Å². The molecule has 4 nitrogen and oxygen atoms in total. The Morgan fingerprint density at radius 2 is 1.96 bits per heavy atom. The van der Waals surface area contributed by atoms with Gasteiger partial charge in [0.1, 0.15) is 17.4 Å². The molecule has 0 bridgehead atoms. The van der Waals surface area contributed by atoms with E-state index in [1.165, 1.54) is 0 Å². The average molecular weight is 361 g/mol. The lowest BCUT2D eigenvalue weighted by atomic mass is 10.1. The Morgan fingerprint density at radius 3 is 2.60 bits per heavy atom. The summed E-state index contributed by atoms with van der Waals surface area (Å²) < 4.78 is 5.75. The van der Waals surface area contributed by atoms with Gasteiger partial charge in [0, 0.05) is 17.8 Å². The molecule has 1 amide bonds. The summed E-state index contributed by atoms with van der Waals surface area (Å²) >= 11 is 1.58. The number of thiazole rings is 1. The molecule has 0 radical (unpaired) electrons. The minimum Gasteiger partial charge on any atom is -0.486 e. The van der Waals surface area contributed by atoms with E-state index in [0.717, 1.165) is 22.9 Å². The Labute approximate surface area is 154 Å². The number of ether oxygens (including phenoxy) is 1. The molecule has 5 heteroatoms. The van der Waals surface area contributed by atoms with Gasteiger partial charge in [0.05, 0.1) is 12.2 Å². The van der Waals surface area contributed by atoms with Crippen molar-refractivity contribution in [2.45, 2.75) is 59.7 Å². The van der Waals surface area contributed by atoms with E-state index in [2.05, 4.69) is 32.7 Å². The van der Waals surface area contributed by atoms with Crippen molar-refractivity contribution in [2.75, 3.05) is 0 Å². The Balaban J connectivity index is 1.97. The van der Waals surface area contributed by atoms with Crippen molar-refractivity contribution in [3.63, 3.8) is 0 Å². The maximum atomic E-state index is 12.6. The minimum absolute atomic E-state index is 0.208. The predicted molar refractivity (Wildman–Crippen MR) is 103 cm³/mol. The number of rotatable bonds is 9. The molecule has 136 valence electrons. The fraction of sp³-hybridized carbons (Fsp3) is 0.500. The van der Waals surface area contributed by atoms with Crippen molar-refractivity contribution >= 4 is 17.2 Å². The monoisotopic (exact) mass is 360 g/mol. The number of hydrogen-bond acceptors (Lipinski definition) is 4. The summed E-state index contributed by atoms with van der Waals surface area (Å²) in [6, 6.07) is 9.95. The third-order valence-electron chi connectivity index (χ3n) is 4.06. The second-order valence-electron chi connectivity index (χ2n) is 6.71. The van der Waals surface area contributed by atoms with Crippen LogP contribution in [0.3, 0.4) is 0 Å². The lowest BCUT2D eigenvalue weighted by Crippen LogP contribution is -2.38. The molecule has 0 saturated heterocycles. The van der Waals surface area contributed by atoms with E-state index in [1.807, 2.05) is 40.6 Å². The SMILES string of the molecule is CC[C@@H](C)N(Cc1csc(COc2ccccc2)n1)C(=O)CC(C)C. The highest BCUT2D eigenvalue weighted by Gasteiger charge is 2.21. The van der Waals surface area contributed by atoms with Crippen molar-refractivity contribution in [3.8, 4) is 5.75 Å². The highest BCUT2D eigenvalue weighted by molar-refractivity contribution is 7.09. The fourth-order valence-electron chi connectivity index (χ4n) is 2.50. The van der Waals surface area contributed by atoms with Gasteiger partial charge in [0.25, 0.3) is 0 Å².